The highest BCUT2D eigenvalue weighted by Crippen LogP contribution is 2.24. The predicted octanol–water partition coefficient (Wildman–Crippen LogP) is 4.05. The van der Waals surface area contributed by atoms with Crippen LogP contribution in [0.2, 0.25) is 10.0 Å². The molecule has 0 unspecified atom stereocenters. The Kier molecular flexibility index (Phi) is 8.56. The molecule has 1 atom stereocenters. The Bertz CT molecular complexity index is 1570. The zero-order chi connectivity index (χ0) is 27.9. The fraction of sp³-hybridized carbons (Fsp3) is 0.111. The molecular formula is C27H21Cl2N7O3. The zero-order valence-corrected chi connectivity index (χ0v) is 21.8. The molecule has 0 bridgehead atoms. The van der Waals surface area contributed by atoms with Gasteiger partial charge in [0.1, 0.15) is 17.6 Å². The Balaban J connectivity index is 1.46. The lowest BCUT2D eigenvalue weighted by molar-refractivity contribution is -0.139. The van der Waals surface area contributed by atoms with E-state index in [0.29, 0.717) is 23.4 Å². The quantitative estimate of drug-likeness (QED) is 0.158. The summed E-state index contributed by atoms with van der Waals surface area (Å²) >= 11 is 12.2. The second-order valence-electron chi connectivity index (χ2n) is 8.46. The van der Waals surface area contributed by atoms with E-state index < -0.39 is 17.9 Å². The summed E-state index contributed by atoms with van der Waals surface area (Å²) in [4.78, 5) is 28.1. The minimum absolute atomic E-state index is 0.0220. The van der Waals surface area contributed by atoms with Crippen molar-refractivity contribution >= 4 is 40.9 Å². The normalized spacial score (nSPS) is 12.0. The van der Waals surface area contributed by atoms with Crippen LogP contribution in [0, 0.1) is 11.5 Å². The number of aromatic nitrogens is 3. The Morgan fingerprint density at radius 2 is 1.77 bits per heavy atom. The molecule has 0 aliphatic rings. The Labute approximate surface area is 233 Å². The van der Waals surface area contributed by atoms with Crippen molar-refractivity contribution in [3.8, 4) is 23.1 Å². The molecule has 39 heavy (non-hydrogen) atoms. The molecule has 0 aliphatic carbocycles. The lowest BCUT2D eigenvalue weighted by atomic mass is 10.0. The molecule has 0 fully saturated rings. The van der Waals surface area contributed by atoms with Crippen molar-refractivity contribution in [3.63, 3.8) is 0 Å². The van der Waals surface area contributed by atoms with Gasteiger partial charge in [0, 0.05) is 18.4 Å². The van der Waals surface area contributed by atoms with Crippen LogP contribution in [0.5, 0.6) is 0 Å². The van der Waals surface area contributed by atoms with E-state index in [-0.39, 0.29) is 27.9 Å². The molecule has 0 saturated carbocycles. The van der Waals surface area contributed by atoms with Gasteiger partial charge in [-0.15, -0.1) is 5.10 Å². The number of nitrogens with zero attached hydrogens (tertiary/aromatic N) is 5. The highest BCUT2D eigenvalue weighted by molar-refractivity contribution is 6.39. The Hall–Kier alpha value is -4.72. The highest BCUT2D eigenvalue weighted by atomic mass is 35.5. The number of nitrogens with one attached hydrogen (secondary N) is 1. The summed E-state index contributed by atoms with van der Waals surface area (Å²) in [6, 6.07) is 18.0. The molecule has 0 saturated heterocycles. The number of hydrogen-bond donors (Lipinski definition) is 3. The number of carboxylic acids is 1. The number of aliphatic imine (C=N–C) groups is 1. The first-order valence-electron chi connectivity index (χ1n) is 11.5. The minimum Gasteiger partial charge on any atom is -0.480 e. The summed E-state index contributed by atoms with van der Waals surface area (Å²) in [6.07, 6.45) is 3.80. The van der Waals surface area contributed by atoms with Crippen LogP contribution < -0.4 is 11.1 Å². The van der Waals surface area contributed by atoms with Crippen molar-refractivity contribution in [1.29, 1.82) is 5.26 Å². The molecule has 196 valence electrons. The Morgan fingerprint density at radius 1 is 1.08 bits per heavy atom. The van der Waals surface area contributed by atoms with Crippen LogP contribution >= 0.6 is 23.2 Å². The second kappa shape index (κ2) is 12.2. The van der Waals surface area contributed by atoms with E-state index in [1.165, 1.54) is 12.1 Å². The molecule has 0 radical (unpaired) electrons. The van der Waals surface area contributed by atoms with Crippen molar-refractivity contribution in [3.05, 3.63) is 99.7 Å². The van der Waals surface area contributed by atoms with Crippen molar-refractivity contribution < 1.29 is 14.7 Å². The van der Waals surface area contributed by atoms with Crippen LogP contribution in [0.1, 0.15) is 21.5 Å². The van der Waals surface area contributed by atoms with E-state index in [1.807, 2.05) is 24.3 Å². The number of amidine groups is 1. The molecule has 4 rings (SSSR count). The smallest absolute Gasteiger partial charge is 0.326 e. The van der Waals surface area contributed by atoms with E-state index in [4.69, 9.17) is 34.2 Å². The summed E-state index contributed by atoms with van der Waals surface area (Å²) < 4.78 is 1.59. The van der Waals surface area contributed by atoms with Gasteiger partial charge in [-0.25, -0.2) is 9.48 Å². The topological polar surface area (TPSA) is 159 Å². The van der Waals surface area contributed by atoms with Gasteiger partial charge in [-0.3, -0.25) is 4.79 Å². The van der Waals surface area contributed by atoms with Gasteiger partial charge < -0.3 is 16.2 Å². The number of benzene rings is 3. The van der Waals surface area contributed by atoms with Gasteiger partial charge >= 0.3 is 5.97 Å². The molecule has 4 aromatic rings. The number of carbonyl (C=O) groups excluding carboxylic acids is 1. The van der Waals surface area contributed by atoms with Crippen molar-refractivity contribution in [1.82, 2.24) is 20.3 Å². The fourth-order valence-corrected chi connectivity index (χ4v) is 4.41. The van der Waals surface area contributed by atoms with Crippen LogP contribution in [0.3, 0.4) is 0 Å². The van der Waals surface area contributed by atoms with Crippen LogP contribution in [-0.4, -0.2) is 43.9 Å². The molecule has 4 N–H and O–H groups in total. The van der Waals surface area contributed by atoms with E-state index in [1.54, 1.807) is 47.4 Å². The largest absolute Gasteiger partial charge is 0.480 e. The summed E-state index contributed by atoms with van der Waals surface area (Å²) in [7, 11) is 0. The number of amides is 1. The van der Waals surface area contributed by atoms with E-state index in [9.17, 15) is 14.7 Å². The summed E-state index contributed by atoms with van der Waals surface area (Å²) in [5.74, 6) is -1.65. The van der Waals surface area contributed by atoms with Gasteiger partial charge in [0.2, 0.25) is 6.19 Å². The molecule has 1 aromatic heterocycles. The molecule has 0 aliphatic heterocycles. The predicted molar refractivity (Wildman–Crippen MR) is 147 cm³/mol. The zero-order valence-electron chi connectivity index (χ0n) is 20.3. The molecule has 12 heteroatoms. The van der Waals surface area contributed by atoms with Crippen molar-refractivity contribution in [2.75, 3.05) is 0 Å². The van der Waals surface area contributed by atoms with Gasteiger partial charge in [0.25, 0.3) is 5.91 Å². The number of aliphatic carboxylic acids is 1. The third kappa shape index (κ3) is 6.78. The number of nitrogens with two attached hydrogens (primary N) is 1. The first kappa shape index (κ1) is 27.3. The van der Waals surface area contributed by atoms with Crippen LogP contribution in [-0.2, 0) is 17.6 Å². The third-order valence-corrected chi connectivity index (χ3v) is 6.36. The molecule has 1 amide bonds. The van der Waals surface area contributed by atoms with Crippen LogP contribution in [0.25, 0.3) is 16.9 Å². The maximum absolute atomic E-state index is 12.7. The first-order valence-corrected chi connectivity index (χ1v) is 12.3. The monoisotopic (exact) mass is 561 g/mol. The summed E-state index contributed by atoms with van der Waals surface area (Å²) in [6.45, 7) is 0. The molecule has 10 nitrogen and oxygen atoms in total. The Morgan fingerprint density at radius 3 is 2.44 bits per heavy atom. The van der Waals surface area contributed by atoms with Gasteiger partial charge in [0.15, 0.2) is 0 Å². The van der Waals surface area contributed by atoms with Gasteiger partial charge in [-0.1, -0.05) is 64.8 Å². The van der Waals surface area contributed by atoms with Crippen molar-refractivity contribution in [2.45, 2.75) is 18.9 Å². The molecular weight excluding hydrogens is 541 g/mol. The average Bonchev–Trinajstić information content (AvgIpc) is 3.39. The van der Waals surface area contributed by atoms with Crippen LogP contribution in [0.4, 0.5) is 0 Å². The highest BCUT2D eigenvalue weighted by Gasteiger charge is 2.24. The number of rotatable bonds is 9. The van der Waals surface area contributed by atoms with E-state index >= 15 is 0 Å². The van der Waals surface area contributed by atoms with Crippen LogP contribution in [0.15, 0.2) is 77.9 Å². The fourth-order valence-electron chi connectivity index (χ4n) is 3.84. The maximum atomic E-state index is 12.7. The number of carboxylic acid groups (broad SMARTS) is 1. The van der Waals surface area contributed by atoms with Gasteiger partial charge in [-0.2, -0.15) is 10.3 Å². The number of halogens is 2. The lowest BCUT2D eigenvalue weighted by Crippen LogP contribution is -2.42. The summed E-state index contributed by atoms with van der Waals surface area (Å²) in [5, 5.41) is 29.5. The first-order chi connectivity index (χ1) is 18.7. The SMILES string of the molecule is N#CN=C(N)Cc1cccc(-c2cn(-c3ccc(C[C@H](NC(=O)c4c(Cl)cccc4Cl)C(=O)O)cc3)nn2)c1. The number of nitriles is 1. The number of hydrogen-bond acceptors (Lipinski definition) is 6. The molecule has 3 aromatic carbocycles. The standard InChI is InChI=1S/C27H21Cl2N7O3/c28-20-5-2-6-21(29)25(20)26(37)33-22(27(38)39)12-16-7-9-19(10-8-16)36-14-23(34-35-36)18-4-1-3-17(11-18)13-24(31)32-15-30/h1-11,14,22H,12-13H2,(H2,31,32)(H,33,37)(H,38,39)/t22-/m0/s1. The average molecular weight is 562 g/mol. The second-order valence-corrected chi connectivity index (χ2v) is 9.27. The molecule has 0 spiro atoms. The lowest BCUT2D eigenvalue weighted by Gasteiger charge is -2.16. The minimum atomic E-state index is -1.20. The summed E-state index contributed by atoms with van der Waals surface area (Å²) in [5.41, 5.74) is 9.47. The third-order valence-electron chi connectivity index (χ3n) is 5.73. The number of carbonyl (C=O) groups is 2. The maximum Gasteiger partial charge on any atom is 0.326 e. The van der Waals surface area contributed by atoms with Crippen molar-refractivity contribution in [2.24, 2.45) is 10.7 Å². The van der Waals surface area contributed by atoms with E-state index in [0.717, 1.165) is 11.1 Å². The van der Waals surface area contributed by atoms with Gasteiger partial charge in [0.05, 0.1) is 27.5 Å². The molecule has 1 heterocycles. The van der Waals surface area contributed by atoms with E-state index in [2.05, 4.69) is 20.6 Å². The van der Waals surface area contributed by atoms with Gasteiger partial charge in [-0.05, 0) is 41.5 Å².